The van der Waals surface area contributed by atoms with Crippen LogP contribution in [0, 0.1) is 0 Å². The first-order valence-electron chi connectivity index (χ1n) is 9.28. The highest BCUT2D eigenvalue weighted by atomic mass is 16.5. The highest BCUT2D eigenvalue weighted by Gasteiger charge is 2.13. The van der Waals surface area contributed by atoms with Crippen LogP contribution < -0.4 is 20.7 Å². The van der Waals surface area contributed by atoms with Gasteiger partial charge in [0.05, 0.1) is 6.54 Å². The van der Waals surface area contributed by atoms with Gasteiger partial charge in [-0.25, -0.2) is 4.79 Å². The van der Waals surface area contributed by atoms with Crippen molar-refractivity contribution >= 4 is 23.3 Å². The van der Waals surface area contributed by atoms with Gasteiger partial charge < -0.3 is 20.7 Å². The van der Waals surface area contributed by atoms with E-state index in [1.165, 1.54) is 30.9 Å². The lowest BCUT2D eigenvalue weighted by Crippen LogP contribution is -2.32. The smallest absolute Gasteiger partial charge is 0.319 e. The lowest BCUT2D eigenvalue weighted by molar-refractivity contribution is -0.114. The maximum Gasteiger partial charge on any atom is 0.319 e. The normalized spacial score (nSPS) is 12.6. The second kappa shape index (κ2) is 9.07. The van der Waals surface area contributed by atoms with Crippen LogP contribution in [0.2, 0.25) is 0 Å². The van der Waals surface area contributed by atoms with Crippen LogP contribution >= 0.6 is 0 Å². The van der Waals surface area contributed by atoms with Gasteiger partial charge in [0.15, 0.2) is 0 Å². The number of nitrogens with one attached hydrogen (secondary N) is 3. The number of carbonyl (C=O) groups excluding carboxylic acids is 2. The molecule has 1 aliphatic rings. The highest BCUT2D eigenvalue weighted by molar-refractivity contribution is 5.91. The minimum Gasteiger partial charge on any atom is -0.491 e. The Bertz CT molecular complexity index is 803. The fraction of sp³-hybridized carbons (Fsp3) is 0.333. The number of carbonyl (C=O) groups is 2. The van der Waals surface area contributed by atoms with Crippen LogP contribution in [0.15, 0.2) is 42.5 Å². The molecule has 0 spiro atoms. The molecule has 3 amide bonds. The van der Waals surface area contributed by atoms with Gasteiger partial charge in [0.25, 0.3) is 0 Å². The van der Waals surface area contributed by atoms with Gasteiger partial charge >= 0.3 is 6.03 Å². The van der Waals surface area contributed by atoms with Crippen LogP contribution in [-0.4, -0.2) is 25.1 Å². The monoisotopic (exact) mass is 367 g/mol. The molecule has 0 saturated carbocycles. The fourth-order valence-electron chi connectivity index (χ4n) is 3.22. The molecule has 2 aromatic carbocycles. The minimum atomic E-state index is -0.291. The van der Waals surface area contributed by atoms with Crippen LogP contribution in [0.25, 0.3) is 0 Å². The number of aryl methyl sites for hydroxylation is 1. The molecule has 1 aliphatic carbocycles. The van der Waals surface area contributed by atoms with Gasteiger partial charge in [-0.05, 0) is 67.1 Å². The average molecular weight is 367 g/mol. The Morgan fingerprint density at radius 2 is 1.67 bits per heavy atom. The van der Waals surface area contributed by atoms with Crippen molar-refractivity contribution in [3.05, 3.63) is 53.6 Å². The highest BCUT2D eigenvalue weighted by Crippen LogP contribution is 2.29. The van der Waals surface area contributed by atoms with Crippen LogP contribution in [0.1, 0.15) is 30.9 Å². The largest absolute Gasteiger partial charge is 0.491 e. The van der Waals surface area contributed by atoms with Crippen molar-refractivity contribution in [2.45, 2.75) is 32.6 Å². The summed E-state index contributed by atoms with van der Waals surface area (Å²) in [6.07, 6.45) is 4.63. The maximum absolute atomic E-state index is 12.0. The summed E-state index contributed by atoms with van der Waals surface area (Å²) < 4.78 is 5.88. The average Bonchev–Trinajstić information content (AvgIpc) is 2.66. The summed E-state index contributed by atoms with van der Waals surface area (Å²) >= 11 is 0. The summed E-state index contributed by atoms with van der Waals surface area (Å²) in [6.45, 7) is 2.29. The van der Waals surface area contributed by atoms with Crippen molar-refractivity contribution in [1.29, 1.82) is 0 Å². The van der Waals surface area contributed by atoms with Gasteiger partial charge in [-0.15, -0.1) is 0 Å². The van der Waals surface area contributed by atoms with Crippen molar-refractivity contribution in [3.63, 3.8) is 0 Å². The van der Waals surface area contributed by atoms with E-state index < -0.39 is 0 Å². The van der Waals surface area contributed by atoms with E-state index in [-0.39, 0.29) is 11.9 Å². The van der Waals surface area contributed by atoms with Crippen molar-refractivity contribution in [3.8, 4) is 5.75 Å². The topological polar surface area (TPSA) is 79.5 Å². The molecule has 0 aromatic heterocycles. The molecular weight excluding hydrogens is 342 g/mol. The Labute approximate surface area is 159 Å². The van der Waals surface area contributed by atoms with E-state index in [2.05, 4.69) is 22.0 Å². The third-order valence-electron chi connectivity index (χ3n) is 4.46. The zero-order valence-corrected chi connectivity index (χ0v) is 15.5. The molecule has 0 saturated heterocycles. The fourth-order valence-corrected chi connectivity index (χ4v) is 3.22. The Morgan fingerprint density at radius 3 is 2.41 bits per heavy atom. The van der Waals surface area contributed by atoms with E-state index in [4.69, 9.17) is 4.74 Å². The Hall–Kier alpha value is -3.02. The second-order valence-corrected chi connectivity index (χ2v) is 6.59. The van der Waals surface area contributed by atoms with Crippen molar-refractivity contribution in [2.24, 2.45) is 0 Å². The predicted molar refractivity (Wildman–Crippen MR) is 106 cm³/mol. The summed E-state index contributed by atoms with van der Waals surface area (Å²) in [5, 5.41) is 8.22. The number of hydrogen-bond acceptors (Lipinski definition) is 3. The van der Waals surface area contributed by atoms with Gasteiger partial charge in [-0.3, -0.25) is 4.79 Å². The number of amides is 3. The zero-order chi connectivity index (χ0) is 19.1. The Kier molecular flexibility index (Phi) is 6.30. The standard InChI is InChI=1S/C21H25N3O3/c1-15(25)23-17-9-11-18(12-10-17)24-21(26)22-13-14-27-20-8-4-6-16-5-2-3-7-19(16)20/h4,6,8-12H,2-3,5,7,13-14H2,1H3,(H,23,25)(H2,22,24,26). The van der Waals surface area contributed by atoms with Crippen molar-refractivity contribution in [2.75, 3.05) is 23.8 Å². The van der Waals surface area contributed by atoms with Crippen LogP contribution in [0.5, 0.6) is 5.75 Å². The molecule has 3 rings (SSSR count). The summed E-state index contributed by atoms with van der Waals surface area (Å²) in [5.41, 5.74) is 4.03. The number of urea groups is 1. The first-order chi connectivity index (χ1) is 13.1. The van der Waals surface area contributed by atoms with E-state index >= 15 is 0 Å². The van der Waals surface area contributed by atoms with Gasteiger partial charge in [0.2, 0.25) is 5.91 Å². The Balaban J connectivity index is 1.42. The van der Waals surface area contributed by atoms with Gasteiger partial charge in [0, 0.05) is 18.3 Å². The Morgan fingerprint density at radius 1 is 0.963 bits per heavy atom. The third-order valence-corrected chi connectivity index (χ3v) is 4.46. The molecule has 2 aromatic rings. The molecule has 0 radical (unpaired) electrons. The lowest BCUT2D eigenvalue weighted by atomic mass is 9.91. The molecular formula is C21H25N3O3. The number of fused-ring (bicyclic) bond motifs is 1. The minimum absolute atomic E-state index is 0.131. The summed E-state index contributed by atoms with van der Waals surface area (Å²) in [6, 6.07) is 12.9. The number of benzene rings is 2. The van der Waals surface area contributed by atoms with E-state index in [9.17, 15) is 9.59 Å². The molecule has 0 bridgehead atoms. The molecule has 0 unspecified atom stereocenters. The molecule has 0 atom stereocenters. The molecule has 0 aliphatic heterocycles. The van der Waals surface area contributed by atoms with Crippen molar-refractivity contribution < 1.29 is 14.3 Å². The van der Waals surface area contributed by atoms with E-state index in [1.54, 1.807) is 24.3 Å². The second-order valence-electron chi connectivity index (χ2n) is 6.59. The quantitative estimate of drug-likeness (QED) is 0.681. The molecule has 3 N–H and O–H groups in total. The first kappa shape index (κ1) is 18.8. The molecule has 6 heteroatoms. The molecule has 27 heavy (non-hydrogen) atoms. The lowest BCUT2D eigenvalue weighted by Gasteiger charge is -2.19. The molecule has 6 nitrogen and oxygen atoms in total. The number of anilines is 2. The van der Waals surface area contributed by atoms with E-state index in [0.29, 0.717) is 24.5 Å². The summed E-state index contributed by atoms with van der Waals surface area (Å²) in [7, 11) is 0. The summed E-state index contributed by atoms with van der Waals surface area (Å²) in [5.74, 6) is 0.802. The number of ether oxygens (including phenoxy) is 1. The van der Waals surface area contributed by atoms with Crippen molar-refractivity contribution in [1.82, 2.24) is 5.32 Å². The molecule has 0 fully saturated rings. The van der Waals surface area contributed by atoms with Gasteiger partial charge in [-0.1, -0.05) is 12.1 Å². The molecule has 142 valence electrons. The van der Waals surface area contributed by atoms with Gasteiger partial charge in [-0.2, -0.15) is 0 Å². The number of hydrogen-bond donors (Lipinski definition) is 3. The van der Waals surface area contributed by atoms with Crippen LogP contribution in [0.3, 0.4) is 0 Å². The van der Waals surface area contributed by atoms with Crippen LogP contribution in [-0.2, 0) is 17.6 Å². The maximum atomic E-state index is 12.0. The van der Waals surface area contributed by atoms with Gasteiger partial charge in [0.1, 0.15) is 12.4 Å². The van der Waals surface area contributed by atoms with E-state index in [1.807, 2.05) is 12.1 Å². The van der Waals surface area contributed by atoms with Crippen LogP contribution in [0.4, 0.5) is 16.2 Å². The predicted octanol–water partition coefficient (Wildman–Crippen LogP) is 3.72. The third kappa shape index (κ3) is 5.48. The molecule has 0 heterocycles. The number of rotatable bonds is 6. The first-order valence-corrected chi connectivity index (χ1v) is 9.28. The zero-order valence-electron chi connectivity index (χ0n) is 15.5. The SMILES string of the molecule is CC(=O)Nc1ccc(NC(=O)NCCOc2cccc3c2CCCC3)cc1. The van der Waals surface area contributed by atoms with E-state index in [0.717, 1.165) is 18.6 Å². The summed E-state index contributed by atoms with van der Waals surface area (Å²) in [4.78, 5) is 23.0.